The molecule has 0 fully saturated rings. The molecule has 3 aromatic heterocycles. The Labute approximate surface area is 119 Å². The van der Waals surface area contributed by atoms with Gasteiger partial charge in [0.1, 0.15) is 22.7 Å². The van der Waals surface area contributed by atoms with Crippen molar-refractivity contribution in [2.24, 2.45) is 0 Å². The average Bonchev–Trinajstić information content (AvgIpc) is 3.05. The molecule has 7 nitrogen and oxygen atoms in total. The highest BCUT2D eigenvalue weighted by atomic mass is 32.1. The van der Waals surface area contributed by atoms with Crippen molar-refractivity contribution in [3.05, 3.63) is 43.9 Å². The predicted octanol–water partition coefficient (Wildman–Crippen LogP) is 1.49. The number of aromatic nitrogens is 3. The molecule has 0 atom stereocenters. The van der Waals surface area contributed by atoms with Gasteiger partial charge in [0, 0.05) is 17.5 Å². The zero-order chi connectivity index (χ0) is 14.1. The first-order chi connectivity index (χ1) is 9.63. The van der Waals surface area contributed by atoms with Gasteiger partial charge < -0.3 is 9.84 Å². The van der Waals surface area contributed by atoms with Crippen molar-refractivity contribution in [2.45, 2.75) is 6.61 Å². The Hall–Kier alpha value is -2.26. The van der Waals surface area contributed by atoms with Crippen molar-refractivity contribution in [1.29, 1.82) is 0 Å². The summed E-state index contributed by atoms with van der Waals surface area (Å²) in [6.45, 7) is 0.0967. The Morgan fingerprint density at radius 3 is 3.00 bits per heavy atom. The summed E-state index contributed by atoms with van der Waals surface area (Å²) < 4.78 is 6.63. The molecule has 3 aromatic rings. The highest BCUT2D eigenvalue weighted by molar-refractivity contribution is 7.14. The minimum Gasteiger partial charge on any atom is -0.486 e. The second kappa shape index (κ2) is 5.02. The molecule has 0 aliphatic carbocycles. The van der Waals surface area contributed by atoms with E-state index in [1.807, 2.05) is 0 Å². The molecule has 0 spiro atoms. The summed E-state index contributed by atoms with van der Waals surface area (Å²) in [6.07, 6.45) is 0. The normalized spacial score (nSPS) is 10.8. The van der Waals surface area contributed by atoms with E-state index in [0.717, 1.165) is 11.3 Å². The van der Waals surface area contributed by atoms with E-state index in [-0.39, 0.29) is 17.0 Å². The van der Waals surface area contributed by atoms with Crippen molar-refractivity contribution < 1.29 is 14.6 Å². The van der Waals surface area contributed by atoms with Crippen molar-refractivity contribution >= 4 is 33.6 Å². The third kappa shape index (κ3) is 2.40. The number of nitrogens with zero attached hydrogens (tertiary/aromatic N) is 3. The minimum absolute atomic E-state index is 0.0967. The summed E-state index contributed by atoms with van der Waals surface area (Å²) in [5, 5.41) is 14.3. The molecule has 0 bridgehead atoms. The zero-order valence-corrected chi connectivity index (χ0v) is 11.5. The van der Waals surface area contributed by atoms with E-state index < -0.39 is 5.97 Å². The molecular formula is C11H7N3O4S2. The molecule has 102 valence electrons. The summed E-state index contributed by atoms with van der Waals surface area (Å²) in [6, 6.07) is 2.78. The second-order valence-corrected chi connectivity index (χ2v) is 5.48. The van der Waals surface area contributed by atoms with E-state index in [1.165, 1.54) is 33.5 Å². The Balaban J connectivity index is 1.79. The number of hydrogen-bond donors (Lipinski definition) is 1. The fraction of sp³-hybridized carbons (Fsp3) is 0.0909. The van der Waals surface area contributed by atoms with Gasteiger partial charge in [-0.1, -0.05) is 11.3 Å². The van der Waals surface area contributed by atoms with Gasteiger partial charge in [-0.25, -0.2) is 9.78 Å². The number of carboxylic acid groups (broad SMARTS) is 1. The Kier molecular flexibility index (Phi) is 3.20. The van der Waals surface area contributed by atoms with Gasteiger partial charge in [-0.2, -0.15) is 9.61 Å². The number of rotatable bonds is 4. The van der Waals surface area contributed by atoms with Crippen LogP contribution in [0.25, 0.3) is 4.96 Å². The fourth-order valence-corrected chi connectivity index (χ4v) is 2.85. The van der Waals surface area contributed by atoms with Gasteiger partial charge in [-0.05, 0) is 0 Å². The van der Waals surface area contributed by atoms with Crippen LogP contribution >= 0.6 is 22.7 Å². The largest absolute Gasteiger partial charge is 0.486 e. The quantitative estimate of drug-likeness (QED) is 0.784. The number of fused-ring (bicyclic) bond motifs is 1. The molecule has 0 aliphatic rings. The maximum Gasteiger partial charge on any atom is 0.346 e. The molecule has 9 heteroatoms. The monoisotopic (exact) mass is 309 g/mol. The molecular weight excluding hydrogens is 302 g/mol. The maximum atomic E-state index is 11.7. The summed E-state index contributed by atoms with van der Waals surface area (Å²) in [5.74, 6) is -0.550. The third-order valence-electron chi connectivity index (χ3n) is 2.41. The summed E-state index contributed by atoms with van der Waals surface area (Å²) in [5.41, 5.74) is 1.74. The van der Waals surface area contributed by atoms with Crippen molar-refractivity contribution in [3.8, 4) is 5.75 Å². The van der Waals surface area contributed by atoms with Crippen LogP contribution in [0.4, 0.5) is 0 Å². The first-order valence-corrected chi connectivity index (χ1v) is 7.16. The van der Waals surface area contributed by atoms with Crippen LogP contribution in [0.15, 0.2) is 27.8 Å². The first kappa shape index (κ1) is 12.8. The molecule has 0 aliphatic heterocycles. The third-order valence-corrected chi connectivity index (χ3v) is 3.98. The Morgan fingerprint density at radius 2 is 2.25 bits per heavy atom. The molecule has 1 N–H and O–H groups in total. The van der Waals surface area contributed by atoms with Crippen molar-refractivity contribution in [3.63, 3.8) is 0 Å². The summed E-state index contributed by atoms with van der Waals surface area (Å²) in [7, 11) is 0. The summed E-state index contributed by atoms with van der Waals surface area (Å²) >= 11 is 2.34. The fourth-order valence-electron chi connectivity index (χ4n) is 1.54. The van der Waals surface area contributed by atoms with Crippen LogP contribution in [0.1, 0.15) is 15.4 Å². The van der Waals surface area contributed by atoms with Gasteiger partial charge in [0.2, 0.25) is 4.96 Å². The molecule has 0 saturated carbocycles. The molecule has 3 rings (SSSR count). The van der Waals surface area contributed by atoms with Crippen molar-refractivity contribution in [1.82, 2.24) is 14.6 Å². The highest BCUT2D eigenvalue weighted by Gasteiger charge is 2.09. The van der Waals surface area contributed by atoms with Gasteiger partial charge in [0.25, 0.3) is 5.56 Å². The van der Waals surface area contributed by atoms with Gasteiger partial charge in [-0.3, -0.25) is 4.79 Å². The van der Waals surface area contributed by atoms with Crippen LogP contribution in [0, 0.1) is 0 Å². The standard InChI is InChI=1S/C11H7N3O4S2/c15-9-1-6(13-11-14(9)12-5-20-11)3-18-7-2-8(10(16)17)19-4-7/h1-2,4-5H,3H2,(H,16,17). The van der Waals surface area contributed by atoms with Crippen LogP contribution in [-0.2, 0) is 6.61 Å². The smallest absolute Gasteiger partial charge is 0.346 e. The van der Waals surface area contributed by atoms with Crippen LogP contribution in [-0.4, -0.2) is 25.7 Å². The molecule has 0 aromatic carbocycles. The number of ether oxygens (including phenoxy) is 1. The molecule has 20 heavy (non-hydrogen) atoms. The van der Waals surface area contributed by atoms with E-state index in [4.69, 9.17) is 9.84 Å². The van der Waals surface area contributed by atoms with E-state index in [1.54, 1.807) is 5.38 Å². The van der Waals surface area contributed by atoms with Gasteiger partial charge in [0.05, 0.1) is 5.69 Å². The van der Waals surface area contributed by atoms with Crippen LogP contribution in [0.5, 0.6) is 5.75 Å². The van der Waals surface area contributed by atoms with Gasteiger partial charge in [0.15, 0.2) is 0 Å². The molecule has 0 amide bonds. The lowest BCUT2D eigenvalue weighted by Gasteiger charge is -2.02. The number of thiophene rings is 1. The number of hydrogen-bond acceptors (Lipinski definition) is 7. The van der Waals surface area contributed by atoms with E-state index in [9.17, 15) is 9.59 Å². The lowest BCUT2D eigenvalue weighted by molar-refractivity contribution is 0.0702. The molecule has 0 unspecified atom stereocenters. The van der Waals surface area contributed by atoms with Crippen LogP contribution in [0.2, 0.25) is 0 Å². The van der Waals surface area contributed by atoms with E-state index >= 15 is 0 Å². The van der Waals surface area contributed by atoms with Gasteiger partial charge in [-0.15, -0.1) is 11.3 Å². The Morgan fingerprint density at radius 1 is 1.40 bits per heavy atom. The van der Waals surface area contributed by atoms with E-state index in [2.05, 4.69) is 10.1 Å². The first-order valence-electron chi connectivity index (χ1n) is 5.40. The topological polar surface area (TPSA) is 93.8 Å². The summed E-state index contributed by atoms with van der Waals surface area (Å²) in [4.78, 5) is 27.4. The minimum atomic E-state index is -0.993. The number of carboxylic acids is 1. The Bertz CT molecular complexity index is 835. The lowest BCUT2D eigenvalue weighted by atomic mass is 10.4. The molecule has 0 radical (unpaired) electrons. The number of carbonyl (C=O) groups is 1. The zero-order valence-electron chi connectivity index (χ0n) is 9.85. The van der Waals surface area contributed by atoms with Crippen molar-refractivity contribution in [2.75, 3.05) is 0 Å². The lowest BCUT2D eigenvalue weighted by Crippen LogP contribution is -2.15. The van der Waals surface area contributed by atoms with Crippen LogP contribution < -0.4 is 10.3 Å². The average molecular weight is 309 g/mol. The number of aromatic carboxylic acids is 1. The SMILES string of the molecule is O=C(O)c1cc(OCc2cc(=O)n3ncsc3n2)cs1. The van der Waals surface area contributed by atoms with Crippen LogP contribution in [0.3, 0.4) is 0 Å². The van der Waals surface area contributed by atoms with E-state index in [0.29, 0.717) is 16.4 Å². The second-order valence-electron chi connectivity index (χ2n) is 3.76. The highest BCUT2D eigenvalue weighted by Crippen LogP contribution is 2.22. The molecule has 0 saturated heterocycles. The predicted molar refractivity (Wildman–Crippen MR) is 72.7 cm³/mol. The maximum absolute atomic E-state index is 11.7. The van der Waals surface area contributed by atoms with Gasteiger partial charge >= 0.3 is 5.97 Å². The molecule has 3 heterocycles.